The predicted molar refractivity (Wildman–Crippen MR) is 109 cm³/mol. The van der Waals surface area contributed by atoms with E-state index in [4.69, 9.17) is 22.1 Å². The molecule has 8 nitrogen and oxygen atoms in total. The summed E-state index contributed by atoms with van der Waals surface area (Å²) in [6, 6.07) is 3.60. The van der Waals surface area contributed by atoms with Crippen LogP contribution in [0.2, 0.25) is 5.02 Å². The van der Waals surface area contributed by atoms with Crippen molar-refractivity contribution in [2.75, 3.05) is 13.2 Å². The molecule has 3 N–H and O–H groups in total. The molecule has 0 saturated heterocycles. The monoisotopic (exact) mass is 438 g/mol. The highest BCUT2D eigenvalue weighted by Gasteiger charge is 2.36. The molecule has 2 heterocycles. The first-order valence-corrected chi connectivity index (χ1v) is 9.85. The van der Waals surface area contributed by atoms with E-state index in [2.05, 4.69) is 5.10 Å². The van der Waals surface area contributed by atoms with Crippen molar-refractivity contribution in [2.24, 2.45) is 5.73 Å². The second-order valence-electron chi connectivity index (χ2n) is 8.13. The Labute approximate surface area is 178 Å². The summed E-state index contributed by atoms with van der Waals surface area (Å²) in [6.07, 6.45) is -0.241. The fraction of sp³-hybridized carbons (Fsp3) is 0.450. The summed E-state index contributed by atoms with van der Waals surface area (Å²) in [7, 11) is 0. The van der Waals surface area contributed by atoms with Gasteiger partial charge in [0, 0.05) is 18.7 Å². The third-order valence-corrected chi connectivity index (χ3v) is 4.97. The lowest BCUT2D eigenvalue weighted by Gasteiger charge is -2.35. The summed E-state index contributed by atoms with van der Waals surface area (Å²) < 4.78 is 20.7. The molecule has 1 unspecified atom stereocenters. The first-order chi connectivity index (χ1) is 14.0. The number of hydrogen-bond donors (Lipinski definition) is 2. The number of nitrogens with two attached hydrogens (primary N) is 1. The highest BCUT2D eigenvalue weighted by molar-refractivity contribution is 6.31. The summed E-state index contributed by atoms with van der Waals surface area (Å²) in [5, 5.41) is 13.9. The lowest BCUT2D eigenvalue weighted by atomic mass is 10.0. The number of primary amides is 1. The van der Waals surface area contributed by atoms with Gasteiger partial charge in [-0.05, 0) is 45.4 Å². The predicted octanol–water partition coefficient (Wildman–Crippen LogP) is 3.12. The minimum absolute atomic E-state index is 0.0526. The molecule has 1 aromatic heterocycles. The third-order valence-electron chi connectivity index (χ3n) is 4.68. The Morgan fingerprint density at radius 3 is 2.67 bits per heavy atom. The number of carbonyl (C=O) groups is 2. The molecule has 1 aliphatic rings. The fourth-order valence-corrected chi connectivity index (χ4v) is 3.61. The van der Waals surface area contributed by atoms with Gasteiger partial charge in [-0.2, -0.15) is 5.10 Å². The number of nitrogens with zero attached hydrogens (tertiary/aromatic N) is 3. The van der Waals surface area contributed by atoms with E-state index >= 15 is 0 Å². The molecule has 10 heteroatoms. The van der Waals surface area contributed by atoms with Crippen LogP contribution in [0.1, 0.15) is 49.3 Å². The van der Waals surface area contributed by atoms with E-state index in [1.165, 1.54) is 23.1 Å². The molecule has 3 rings (SSSR count). The molecule has 1 aliphatic heterocycles. The topological polar surface area (TPSA) is 111 Å². The Hall–Kier alpha value is -2.65. The number of ether oxygens (including phenoxy) is 1. The second kappa shape index (κ2) is 8.23. The number of benzene rings is 1. The number of aliphatic hydroxyl groups excluding tert-OH is 1. The summed E-state index contributed by atoms with van der Waals surface area (Å²) in [5.74, 6) is -1.33. The van der Waals surface area contributed by atoms with E-state index in [9.17, 15) is 19.1 Å². The van der Waals surface area contributed by atoms with Crippen LogP contribution in [0.5, 0.6) is 0 Å². The number of fused-ring (bicyclic) bond motifs is 1. The fourth-order valence-electron chi connectivity index (χ4n) is 3.43. The average Bonchev–Trinajstić information content (AvgIpc) is 3.02. The molecule has 2 aromatic rings. The zero-order valence-corrected chi connectivity index (χ0v) is 17.7. The maximum atomic E-state index is 13.6. The molecule has 0 radical (unpaired) electrons. The van der Waals surface area contributed by atoms with Gasteiger partial charge in [0.15, 0.2) is 0 Å². The lowest BCUT2D eigenvalue weighted by Crippen LogP contribution is -2.44. The molecule has 162 valence electrons. The molecule has 0 bridgehead atoms. The minimum atomic E-state index is -0.736. The highest BCUT2D eigenvalue weighted by atomic mass is 35.5. The molecular weight excluding hydrogens is 415 g/mol. The zero-order valence-electron chi connectivity index (χ0n) is 17.0. The van der Waals surface area contributed by atoms with E-state index in [1.54, 1.807) is 25.5 Å². The van der Waals surface area contributed by atoms with E-state index in [0.717, 1.165) is 0 Å². The van der Waals surface area contributed by atoms with Crippen LogP contribution in [0.15, 0.2) is 18.2 Å². The van der Waals surface area contributed by atoms with E-state index in [1.807, 2.05) is 0 Å². The number of rotatable bonds is 4. The largest absolute Gasteiger partial charge is 0.444 e. The average molecular weight is 439 g/mol. The van der Waals surface area contributed by atoms with Crippen LogP contribution in [0.3, 0.4) is 0 Å². The summed E-state index contributed by atoms with van der Waals surface area (Å²) in [4.78, 5) is 26.4. The SMILES string of the molecule is CC(C)(C)OC(=O)N1Cc2c(C(N)=O)c(-c3ccc(F)c(Cl)c3)nn2C(CCO)C1. The van der Waals surface area contributed by atoms with Gasteiger partial charge in [-0.1, -0.05) is 11.6 Å². The maximum absolute atomic E-state index is 13.6. The van der Waals surface area contributed by atoms with Gasteiger partial charge in [-0.15, -0.1) is 0 Å². The van der Waals surface area contributed by atoms with Crippen LogP contribution in [-0.2, 0) is 11.3 Å². The van der Waals surface area contributed by atoms with Crippen LogP contribution in [0.4, 0.5) is 9.18 Å². The van der Waals surface area contributed by atoms with Crippen molar-refractivity contribution in [3.63, 3.8) is 0 Å². The van der Waals surface area contributed by atoms with E-state index in [0.29, 0.717) is 17.7 Å². The molecule has 30 heavy (non-hydrogen) atoms. The van der Waals surface area contributed by atoms with Crippen molar-refractivity contribution in [3.8, 4) is 11.3 Å². The highest BCUT2D eigenvalue weighted by Crippen LogP contribution is 2.34. The molecule has 0 saturated carbocycles. The quantitative estimate of drug-likeness (QED) is 0.761. The van der Waals surface area contributed by atoms with Crippen LogP contribution in [0, 0.1) is 5.82 Å². The molecule has 0 aliphatic carbocycles. The van der Waals surface area contributed by atoms with E-state index in [-0.39, 0.29) is 36.0 Å². The Kier molecular flexibility index (Phi) is 6.05. The Bertz CT molecular complexity index is 986. The van der Waals surface area contributed by atoms with Crippen molar-refractivity contribution >= 4 is 23.6 Å². The molecule has 0 fully saturated rings. The van der Waals surface area contributed by atoms with Crippen molar-refractivity contribution in [1.82, 2.24) is 14.7 Å². The number of amides is 2. The standard InChI is InChI=1S/C20H24ClFN4O4/c1-20(2,3)30-19(29)25-9-12(6-7-27)26-15(10-25)16(18(23)28)17(24-26)11-4-5-14(22)13(21)8-11/h4-5,8,12,27H,6-7,9-10H2,1-3H3,(H2,23,28). The molecule has 1 aromatic carbocycles. The Morgan fingerprint density at radius 2 is 2.10 bits per heavy atom. The van der Waals surface area contributed by atoms with Crippen molar-refractivity contribution in [1.29, 1.82) is 0 Å². The number of halogens is 2. The van der Waals surface area contributed by atoms with Gasteiger partial charge in [0.2, 0.25) is 0 Å². The minimum Gasteiger partial charge on any atom is -0.444 e. The number of aliphatic hydroxyl groups is 1. The third kappa shape index (κ3) is 4.41. The number of carbonyl (C=O) groups excluding carboxylic acids is 2. The van der Waals surface area contributed by atoms with Gasteiger partial charge in [0.05, 0.1) is 28.9 Å². The van der Waals surface area contributed by atoms with Crippen LogP contribution in [0.25, 0.3) is 11.3 Å². The van der Waals surface area contributed by atoms with Gasteiger partial charge in [0.25, 0.3) is 5.91 Å². The van der Waals surface area contributed by atoms with Crippen molar-refractivity contribution < 1.29 is 23.8 Å². The summed E-state index contributed by atoms with van der Waals surface area (Å²) in [6.45, 7) is 5.43. The van der Waals surface area contributed by atoms with Gasteiger partial charge in [0.1, 0.15) is 17.1 Å². The van der Waals surface area contributed by atoms with Gasteiger partial charge in [-0.25, -0.2) is 9.18 Å². The Morgan fingerprint density at radius 1 is 1.40 bits per heavy atom. The van der Waals surface area contributed by atoms with Crippen molar-refractivity contribution in [2.45, 2.75) is 45.4 Å². The normalized spacial score (nSPS) is 16.3. The molecular formula is C20H24ClFN4O4. The molecule has 1 atom stereocenters. The Balaban J connectivity index is 2.10. The van der Waals surface area contributed by atoms with E-state index < -0.39 is 29.5 Å². The smallest absolute Gasteiger partial charge is 0.410 e. The first-order valence-electron chi connectivity index (χ1n) is 9.47. The summed E-state index contributed by atoms with van der Waals surface area (Å²) in [5.41, 5.74) is 6.16. The van der Waals surface area contributed by atoms with Crippen LogP contribution < -0.4 is 5.73 Å². The van der Waals surface area contributed by atoms with Crippen molar-refractivity contribution in [3.05, 3.63) is 40.3 Å². The van der Waals surface area contributed by atoms with Crippen LogP contribution >= 0.6 is 11.6 Å². The molecule has 2 amide bonds. The molecule has 0 spiro atoms. The number of aromatic nitrogens is 2. The summed E-state index contributed by atoms with van der Waals surface area (Å²) >= 11 is 5.90. The maximum Gasteiger partial charge on any atom is 0.410 e. The van der Waals surface area contributed by atoms with Gasteiger partial charge in [-0.3, -0.25) is 9.48 Å². The van der Waals surface area contributed by atoms with Gasteiger partial charge < -0.3 is 20.5 Å². The van der Waals surface area contributed by atoms with Crippen LogP contribution in [-0.4, -0.2) is 50.5 Å². The lowest BCUT2D eigenvalue weighted by molar-refractivity contribution is 0.0145. The first kappa shape index (κ1) is 22.0. The van der Waals surface area contributed by atoms with Gasteiger partial charge >= 0.3 is 6.09 Å². The second-order valence-corrected chi connectivity index (χ2v) is 8.54. The number of hydrogen-bond acceptors (Lipinski definition) is 5. The zero-order chi connectivity index (χ0) is 22.2.